The van der Waals surface area contributed by atoms with Crippen LogP contribution >= 0.6 is 11.6 Å². The second-order valence-electron chi connectivity index (χ2n) is 6.21. The van der Waals surface area contributed by atoms with E-state index in [0.717, 1.165) is 11.4 Å². The molecule has 1 heterocycles. The average Bonchev–Trinajstić information content (AvgIpc) is 3.15. The molecule has 8 nitrogen and oxygen atoms in total. The maximum absolute atomic E-state index is 12.6. The molecule has 3 rings (SSSR count). The van der Waals surface area contributed by atoms with E-state index in [1.54, 1.807) is 35.0 Å². The van der Waals surface area contributed by atoms with Gasteiger partial charge in [0, 0.05) is 24.2 Å². The zero-order valence-corrected chi connectivity index (χ0v) is 16.5. The van der Waals surface area contributed by atoms with Gasteiger partial charge < -0.3 is 10.6 Å². The van der Waals surface area contributed by atoms with Crippen LogP contribution in [0.2, 0.25) is 5.02 Å². The second kappa shape index (κ2) is 9.20. The molecule has 0 unspecified atom stereocenters. The highest BCUT2D eigenvalue weighted by Gasteiger charge is 2.17. The van der Waals surface area contributed by atoms with Gasteiger partial charge in [0.25, 0.3) is 11.6 Å². The van der Waals surface area contributed by atoms with Crippen LogP contribution < -0.4 is 10.6 Å². The van der Waals surface area contributed by atoms with Gasteiger partial charge in [-0.1, -0.05) is 36.7 Å². The Kier molecular flexibility index (Phi) is 6.46. The fourth-order valence-corrected chi connectivity index (χ4v) is 3.17. The van der Waals surface area contributed by atoms with Crippen LogP contribution in [0.3, 0.4) is 0 Å². The van der Waals surface area contributed by atoms with Crippen LogP contribution in [0.4, 0.5) is 11.4 Å². The smallest absolute Gasteiger partial charge is 0.292 e. The van der Waals surface area contributed by atoms with Crippen molar-refractivity contribution in [1.29, 1.82) is 0 Å². The summed E-state index contributed by atoms with van der Waals surface area (Å²) in [4.78, 5) is 23.2. The molecule has 0 aliphatic heterocycles. The van der Waals surface area contributed by atoms with Gasteiger partial charge >= 0.3 is 0 Å². The van der Waals surface area contributed by atoms with E-state index in [-0.39, 0.29) is 11.6 Å². The number of halogens is 1. The predicted molar refractivity (Wildman–Crippen MR) is 112 cm³/mol. The van der Waals surface area contributed by atoms with Gasteiger partial charge in [-0.2, -0.15) is 5.10 Å². The van der Waals surface area contributed by atoms with Crippen molar-refractivity contribution in [2.75, 3.05) is 18.4 Å². The first-order valence-corrected chi connectivity index (χ1v) is 9.47. The van der Waals surface area contributed by atoms with Gasteiger partial charge in [-0.15, -0.1) is 0 Å². The Hall–Kier alpha value is -3.39. The van der Waals surface area contributed by atoms with Gasteiger partial charge in [-0.3, -0.25) is 14.9 Å². The van der Waals surface area contributed by atoms with Gasteiger partial charge in [0.2, 0.25) is 0 Å². The number of nitrogens with zero attached hydrogens (tertiary/aromatic N) is 3. The van der Waals surface area contributed by atoms with Gasteiger partial charge in [0.1, 0.15) is 5.69 Å². The first kappa shape index (κ1) is 20.3. The number of benzene rings is 2. The van der Waals surface area contributed by atoms with Gasteiger partial charge in [0.15, 0.2) is 0 Å². The Bertz CT molecular complexity index is 1030. The maximum Gasteiger partial charge on any atom is 0.292 e. The highest BCUT2D eigenvalue weighted by molar-refractivity contribution is 6.30. The van der Waals surface area contributed by atoms with Crippen LogP contribution in [0.15, 0.2) is 54.7 Å². The average molecular weight is 414 g/mol. The number of hydrogen-bond donors (Lipinski definition) is 2. The van der Waals surface area contributed by atoms with Crippen molar-refractivity contribution in [3.05, 3.63) is 81.1 Å². The number of anilines is 1. The molecule has 3 aromatic rings. The van der Waals surface area contributed by atoms with E-state index in [4.69, 9.17) is 11.6 Å². The van der Waals surface area contributed by atoms with Crippen LogP contribution in [0.1, 0.15) is 23.0 Å². The number of hydrogen-bond acceptors (Lipinski definition) is 5. The minimum absolute atomic E-state index is 0.00473. The SMILES string of the molecule is CCc1c(C(=O)NCCNc2ccccc2[N+](=O)[O-])cnn1-c1cccc(Cl)c1. The number of nitro groups is 1. The number of nitrogens with one attached hydrogen (secondary N) is 2. The van der Waals surface area contributed by atoms with E-state index in [2.05, 4.69) is 15.7 Å². The van der Waals surface area contributed by atoms with Crippen molar-refractivity contribution in [2.24, 2.45) is 0 Å². The summed E-state index contributed by atoms with van der Waals surface area (Å²) in [6.07, 6.45) is 2.15. The Morgan fingerprint density at radius 2 is 2.00 bits per heavy atom. The van der Waals surface area contributed by atoms with E-state index < -0.39 is 4.92 Å². The van der Waals surface area contributed by atoms with E-state index in [1.165, 1.54) is 12.3 Å². The number of rotatable bonds is 8. The molecule has 0 saturated carbocycles. The summed E-state index contributed by atoms with van der Waals surface area (Å²) >= 11 is 6.06. The Balaban J connectivity index is 1.64. The molecule has 0 spiro atoms. The molecule has 0 radical (unpaired) electrons. The van der Waals surface area contributed by atoms with Crippen molar-refractivity contribution in [3.63, 3.8) is 0 Å². The summed E-state index contributed by atoms with van der Waals surface area (Å²) in [6.45, 7) is 2.60. The van der Waals surface area contributed by atoms with Crippen molar-refractivity contribution < 1.29 is 9.72 Å². The highest BCUT2D eigenvalue weighted by atomic mass is 35.5. The minimum Gasteiger partial charge on any atom is -0.378 e. The van der Waals surface area contributed by atoms with Crippen molar-refractivity contribution in [1.82, 2.24) is 15.1 Å². The molecule has 0 aliphatic carbocycles. The monoisotopic (exact) mass is 413 g/mol. The Morgan fingerprint density at radius 3 is 2.72 bits per heavy atom. The molecular weight excluding hydrogens is 394 g/mol. The first-order valence-electron chi connectivity index (χ1n) is 9.09. The zero-order valence-electron chi connectivity index (χ0n) is 15.8. The van der Waals surface area contributed by atoms with Crippen molar-refractivity contribution in [3.8, 4) is 5.69 Å². The molecule has 150 valence electrons. The third-order valence-electron chi connectivity index (χ3n) is 4.33. The van der Waals surface area contributed by atoms with Gasteiger partial charge in [-0.25, -0.2) is 4.68 Å². The number of carbonyl (C=O) groups is 1. The minimum atomic E-state index is -0.446. The quantitative estimate of drug-likeness (QED) is 0.332. The number of aromatic nitrogens is 2. The fraction of sp³-hybridized carbons (Fsp3) is 0.200. The Morgan fingerprint density at radius 1 is 1.21 bits per heavy atom. The van der Waals surface area contributed by atoms with E-state index in [0.29, 0.717) is 35.8 Å². The van der Waals surface area contributed by atoms with Crippen molar-refractivity contribution >= 4 is 28.9 Å². The molecule has 0 bridgehead atoms. The third kappa shape index (κ3) is 4.72. The van der Waals surface area contributed by atoms with Crippen LogP contribution in [-0.2, 0) is 6.42 Å². The molecule has 29 heavy (non-hydrogen) atoms. The standard InChI is InChI=1S/C20H20ClN5O3/c1-2-18-16(13-24-25(18)15-7-5-6-14(21)12-15)20(27)23-11-10-22-17-8-3-4-9-19(17)26(28)29/h3-9,12-13,22H,2,10-11H2,1H3,(H,23,27). The summed E-state index contributed by atoms with van der Waals surface area (Å²) in [5.74, 6) is -0.250. The molecule has 2 N–H and O–H groups in total. The molecule has 2 aromatic carbocycles. The molecule has 0 aliphatic rings. The zero-order chi connectivity index (χ0) is 20.8. The lowest BCUT2D eigenvalue weighted by atomic mass is 10.2. The third-order valence-corrected chi connectivity index (χ3v) is 4.56. The number of amides is 1. The number of carbonyl (C=O) groups excluding carboxylic acids is 1. The molecule has 0 fully saturated rings. The highest BCUT2D eigenvalue weighted by Crippen LogP contribution is 2.22. The largest absolute Gasteiger partial charge is 0.378 e. The molecule has 0 saturated heterocycles. The van der Waals surface area contributed by atoms with Crippen LogP contribution in [0.5, 0.6) is 0 Å². The summed E-state index contributed by atoms with van der Waals surface area (Å²) in [5.41, 5.74) is 2.45. The summed E-state index contributed by atoms with van der Waals surface area (Å²) in [5, 5.41) is 21.8. The second-order valence-corrected chi connectivity index (χ2v) is 6.64. The molecule has 1 aromatic heterocycles. The van der Waals surface area contributed by atoms with Crippen LogP contribution in [0, 0.1) is 10.1 Å². The van der Waals surface area contributed by atoms with E-state index in [9.17, 15) is 14.9 Å². The fourth-order valence-electron chi connectivity index (χ4n) is 2.98. The van der Waals surface area contributed by atoms with Crippen molar-refractivity contribution in [2.45, 2.75) is 13.3 Å². The maximum atomic E-state index is 12.6. The summed E-state index contributed by atoms with van der Waals surface area (Å²) in [7, 11) is 0. The normalized spacial score (nSPS) is 10.6. The topological polar surface area (TPSA) is 102 Å². The van der Waals surface area contributed by atoms with Crippen LogP contribution in [0.25, 0.3) is 5.69 Å². The molecule has 1 amide bonds. The lowest BCUT2D eigenvalue weighted by molar-refractivity contribution is -0.384. The van der Waals surface area contributed by atoms with E-state index in [1.807, 2.05) is 19.1 Å². The molecular formula is C20H20ClN5O3. The predicted octanol–water partition coefficient (Wildman–Crippen LogP) is 3.84. The molecule has 9 heteroatoms. The lowest BCUT2D eigenvalue weighted by Crippen LogP contribution is -2.29. The lowest BCUT2D eigenvalue weighted by Gasteiger charge is -2.10. The van der Waals surface area contributed by atoms with Gasteiger partial charge in [-0.05, 0) is 30.7 Å². The molecule has 0 atom stereocenters. The number of nitro benzene ring substituents is 1. The van der Waals surface area contributed by atoms with Gasteiger partial charge in [0.05, 0.1) is 28.1 Å². The first-order chi connectivity index (χ1) is 14.0. The van der Waals surface area contributed by atoms with E-state index >= 15 is 0 Å². The summed E-state index contributed by atoms with van der Waals surface area (Å²) in [6, 6.07) is 13.6. The number of para-hydroxylation sites is 2. The summed E-state index contributed by atoms with van der Waals surface area (Å²) < 4.78 is 1.70. The van der Waals surface area contributed by atoms with Crippen LogP contribution in [-0.4, -0.2) is 33.7 Å². The Labute approximate surface area is 172 Å².